The van der Waals surface area contributed by atoms with Crippen LogP contribution in [0.1, 0.15) is 0 Å². The van der Waals surface area contributed by atoms with Gasteiger partial charge in [-0.25, -0.2) is 0 Å². The minimum Gasteiger partial charge on any atom is -0.141 e. The molecule has 1 aromatic carbocycles. The predicted molar refractivity (Wildman–Crippen MR) is 84.6 cm³/mol. The van der Waals surface area contributed by atoms with Gasteiger partial charge in [-0.1, -0.05) is 0 Å². The molecule has 0 fully saturated rings. The maximum Gasteiger partial charge on any atom is 1.00 e. The van der Waals surface area contributed by atoms with E-state index in [1.54, 1.807) is 0 Å². The third kappa shape index (κ3) is 3.81. The van der Waals surface area contributed by atoms with Crippen LogP contribution in [0.2, 0.25) is 0 Å². The molecule has 1 rings (SSSR count). The molecule has 0 unspecified atom stereocenters. The predicted octanol–water partition coefficient (Wildman–Crippen LogP) is 1.40. The van der Waals surface area contributed by atoms with Crippen molar-refractivity contribution in [2.45, 2.75) is 4.90 Å². The number of thiol groups is 1. The zero-order valence-electron chi connectivity index (χ0n) is 6.04. The molecular weight excluding hydrogens is 635 g/mol. The number of hydrogen-bond acceptors (Lipinski definition) is 1. The van der Waals surface area contributed by atoms with Crippen LogP contribution in [-0.4, -0.2) is 0 Å². The largest absolute Gasteiger partial charge is 1.00 e. The molecule has 0 N–H and O–H groups in total. The van der Waals surface area contributed by atoms with E-state index in [2.05, 4.69) is 109 Å². The minimum absolute atomic E-state index is 0. The zero-order chi connectivity index (χ0) is 8.59. The van der Waals surface area contributed by atoms with Crippen molar-refractivity contribution in [2.75, 3.05) is 0 Å². The Kier molecular flexibility index (Phi) is 8.96. The fraction of sp³-hybridized carbons (Fsp3) is 0. The molecule has 0 saturated carbocycles. The molecule has 0 aliphatic rings. The Labute approximate surface area is 154 Å². The molecule has 0 spiro atoms. The van der Waals surface area contributed by atoms with E-state index < -0.39 is 0 Å². The second kappa shape index (κ2) is 6.94. The van der Waals surface area contributed by atoms with E-state index in [0.717, 1.165) is 4.90 Å². The Morgan fingerprint density at radius 2 is 1.42 bits per heavy atom. The molecular formula is C6H2I4NaS+. The summed E-state index contributed by atoms with van der Waals surface area (Å²) >= 11 is 13.7. The molecule has 0 amide bonds. The summed E-state index contributed by atoms with van der Waals surface area (Å²) in [7, 11) is 0. The van der Waals surface area contributed by atoms with E-state index in [-0.39, 0.29) is 29.6 Å². The topological polar surface area (TPSA) is 0 Å². The Hall–Kier alpha value is 3.49. The summed E-state index contributed by atoms with van der Waals surface area (Å²) in [6.45, 7) is 0. The van der Waals surface area contributed by atoms with Crippen LogP contribution in [0, 0.1) is 14.3 Å². The van der Waals surface area contributed by atoms with Crippen LogP contribution in [-0.2, 0) is 0 Å². The smallest absolute Gasteiger partial charge is 0.141 e. The summed E-state index contributed by atoms with van der Waals surface area (Å²) in [5.41, 5.74) is 0. The van der Waals surface area contributed by atoms with Crippen molar-refractivity contribution in [3.05, 3.63) is 20.3 Å². The van der Waals surface area contributed by atoms with Gasteiger partial charge < -0.3 is 0 Å². The first-order chi connectivity index (χ1) is 5.04. The summed E-state index contributed by atoms with van der Waals surface area (Å²) < 4.78 is 5.08. The van der Waals surface area contributed by atoms with Gasteiger partial charge in [0.05, 0.1) is 0 Å². The first-order valence-corrected chi connectivity index (χ1v) is 7.32. The van der Waals surface area contributed by atoms with Crippen molar-refractivity contribution in [1.82, 2.24) is 0 Å². The Morgan fingerprint density at radius 1 is 0.917 bits per heavy atom. The van der Waals surface area contributed by atoms with Crippen molar-refractivity contribution in [1.29, 1.82) is 0 Å². The van der Waals surface area contributed by atoms with Crippen LogP contribution < -0.4 is 29.6 Å². The second-order valence-corrected chi connectivity index (χ2v) is 6.75. The van der Waals surface area contributed by atoms with Gasteiger partial charge in [0, 0.05) is 19.2 Å². The van der Waals surface area contributed by atoms with Gasteiger partial charge in [-0.2, -0.15) is 0 Å². The Morgan fingerprint density at radius 3 is 1.92 bits per heavy atom. The molecule has 0 atom stereocenters. The molecule has 0 bridgehead atoms. The van der Waals surface area contributed by atoms with Gasteiger partial charge in [-0.3, -0.25) is 0 Å². The van der Waals surface area contributed by atoms with Crippen LogP contribution in [0.15, 0.2) is 11.0 Å². The van der Waals surface area contributed by atoms with E-state index in [4.69, 9.17) is 0 Å². The van der Waals surface area contributed by atoms with Crippen molar-refractivity contribution in [2.24, 2.45) is 0 Å². The monoisotopic (exact) mass is 637 g/mol. The summed E-state index contributed by atoms with van der Waals surface area (Å²) in [6.07, 6.45) is 0. The summed E-state index contributed by atoms with van der Waals surface area (Å²) in [5, 5.41) is 0. The zero-order valence-corrected chi connectivity index (χ0v) is 17.6. The molecule has 0 aliphatic carbocycles. The van der Waals surface area contributed by atoms with Gasteiger partial charge in [0.15, 0.2) is 0 Å². The van der Waals surface area contributed by atoms with Gasteiger partial charge in [0.2, 0.25) is 0 Å². The standard InChI is InChI=1S/C6H2I4S.Na/c7-2-1-3(8)6(11)5(10)4(2)9;/h1,11H;/q;+1. The Balaban J connectivity index is 0.00000121. The number of hydrogen-bond donors (Lipinski definition) is 1. The van der Waals surface area contributed by atoms with E-state index in [9.17, 15) is 0 Å². The van der Waals surface area contributed by atoms with E-state index in [1.165, 1.54) is 14.3 Å². The minimum atomic E-state index is 0. The van der Waals surface area contributed by atoms with Gasteiger partial charge in [-0.15, -0.1) is 12.6 Å². The quantitative estimate of drug-likeness (QED) is 0.144. The van der Waals surface area contributed by atoms with Crippen LogP contribution in [0.3, 0.4) is 0 Å². The molecule has 0 heterocycles. The van der Waals surface area contributed by atoms with E-state index in [1.807, 2.05) is 0 Å². The van der Waals surface area contributed by atoms with Crippen molar-refractivity contribution < 1.29 is 29.6 Å². The SMILES string of the molecule is Sc1c(I)cc(I)c(I)c1I.[Na+]. The first-order valence-electron chi connectivity index (χ1n) is 2.56. The van der Waals surface area contributed by atoms with Crippen molar-refractivity contribution >= 4 is 103 Å². The fourth-order valence-corrected chi connectivity index (χ4v) is 4.74. The number of rotatable bonds is 0. The molecule has 0 nitrogen and oxygen atoms in total. The second-order valence-electron chi connectivity index (χ2n) is 1.82. The third-order valence-corrected chi connectivity index (χ3v) is 8.37. The molecule has 0 aliphatic heterocycles. The third-order valence-electron chi connectivity index (χ3n) is 1.09. The normalized spacial score (nSPS) is 9.42. The molecule has 1 aromatic rings. The van der Waals surface area contributed by atoms with Crippen LogP contribution in [0.5, 0.6) is 0 Å². The average Bonchev–Trinajstić information content (AvgIpc) is 1.97. The molecule has 12 heavy (non-hydrogen) atoms. The molecule has 0 aromatic heterocycles. The van der Waals surface area contributed by atoms with Gasteiger partial charge >= 0.3 is 29.6 Å². The summed E-state index contributed by atoms with van der Waals surface area (Å²) in [4.78, 5) is 1.09. The van der Waals surface area contributed by atoms with E-state index >= 15 is 0 Å². The molecule has 60 valence electrons. The van der Waals surface area contributed by atoms with Crippen molar-refractivity contribution in [3.8, 4) is 0 Å². The molecule has 6 heteroatoms. The molecule has 0 saturated heterocycles. The number of benzene rings is 1. The molecule has 0 radical (unpaired) electrons. The van der Waals surface area contributed by atoms with Crippen molar-refractivity contribution in [3.63, 3.8) is 0 Å². The average molecular weight is 637 g/mol. The van der Waals surface area contributed by atoms with Crippen LogP contribution in [0.4, 0.5) is 0 Å². The fourth-order valence-electron chi connectivity index (χ4n) is 0.557. The van der Waals surface area contributed by atoms with Crippen LogP contribution in [0.25, 0.3) is 0 Å². The maximum absolute atomic E-state index is 4.41. The summed E-state index contributed by atoms with van der Waals surface area (Å²) in [6, 6.07) is 2.15. The maximum atomic E-state index is 4.41. The Bertz CT molecular complexity index is 276. The number of halogens is 4. The van der Waals surface area contributed by atoms with Crippen LogP contribution >= 0.6 is 103 Å². The van der Waals surface area contributed by atoms with Gasteiger partial charge in [-0.05, 0) is 96.4 Å². The van der Waals surface area contributed by atoms with E-state index in [0.29, 0.717) is 0 Å². The van der Waals surface area contributed by atoms with Gasteiger partial charge in [0.1, 0.15) is 0 Å². The van der Waals surface area contributed by atoms with Gasteiger partial charge in [0.25, 0.3) is 0 Å². The summed E-state index contributed by atoms with van der Waals surface area (Å²) in [5.74, 6) is 0. The first kappa shape index (κ1) is 15.5.